The molecule has 29 heavy (non-hydrogen) atoms. The van der Waals surface area contributed by atoms with Gasteiger partial charge >= 0.3 is 12.2 Å². The quantitative estimate of drug-likeness (QED) is 0.385. The third-order valence-electron chi connectivity index (χ3n) is 3.34. The zero-order valence-corrected chi connectivity index (χ0v) is 14.6. The molecule has 2 rings (SSSR count). The topological polar surface area (TPSA) is 126 Å². The summed E-state index contributed by atoms with van der Waals surface area (Å²) in [6, 6.07) is 8.64. The van der Waals surface area contributed by atoms with Gasteiger partial charge in [-0.15, -0.1) is 0 Å². The number of benzene rings is 2. The minimum Gasteiger partial charge on any atom is -0.329 e. The molecule has 3 N–H and O–H groups in total. The highest BCUT2D eigenvalue weighted by Gasteiger charge is 2.30. The van der Waals surface area contributed by atoms with Gasteiger partial charge in [0.2, 0.25) is 0 Å². The highest BCUT2D eigenvalue weighted by Crippen LogP contribution is 2.30. The van der Waals surface area contributed by atoms with E-state index in [0.29, 0.717) is 5.56 Å². The Morgan fingerprint density at radius 2 is 1.86 bits per heavy atom. The Kier molecular flexibility index (Phi) is 6.85. The molecular weight excluding hydrogens is 395 g/mol. The predicted molar refractivity (Wildman–Crippen MR) is 97.3 cm³/mol. The zero-order chi connectivity index (χ0) is 21.4. The summed E-state index contributed by atoms with van der Waals surface area (Å²) in [5.74, 6) is -0.717. The maximum Gasteiger partial charge on any atom is 0.416 e. The third kappa shape index (κ3) is 6.93. The van der Waals surface area contributed by atoms with Crippen LogP contribution in [-0.2, 0) is 11.0 Å². The molecule has 3 amide bonds. The second-order valence-corrected chi connectivity index (χ2v) is 5.53. The summed E-state index contributed by atoms with van der Waals surface area (Å²) in [5, 5.41) is 18.6. The monoisotopic (exact) mass is 409 g/mol. The average Bonchev–Trinajstić information content (AvgIpc) is 2.66. The molecule has 0 spiro atoms. The Morgan fingerprint density at radius 1 is 1.14 bits per heavy atom. The van der Waals surface area contributed by atoms with Crippen LogP contribution in [0.5, 0.6) is 0 Å². The third-order valence-corrected chi connectivity index (χ3v) is 3.34. The van der Waals surface area contributed by atoms with Crippen molar-refractivity contribution in [2.75, 3.05) is 11.9 Å². The summed E-state index contributed by atoms with van der Waals surface area (Å²) < 4.78 is 37.9. The summed E-state index contributed by atoms with van der Waals surface area (Å²) in [4.78, 5) is 33.4. The van der Waals surface area contributed by atoms with Crippen molar-refractivity contribution in [1.29, 1.82) is 0 Å². The van der Waals surface area contributed by atoms with Crippen LogP contribution in [0.4, 0.5) is 29.3 Å². The number of carbonyl (C=O) groups excluding carboxylic acids is 2. The van der Waals surface area contributed by atoms with Crippen LogP contribution in [0.15, 0.2) is 53.6 Å². The number of urea groups is 1. The summed E-state index contributed by atoms with van der Waals surface area (Å²) in [7, 11) is 0. The summed E-state index contributed by atoms with van der Waals surface area (Å²) >= 11 is 0. The number of non-ortho nitro benzene ring substituents is 1. The first-order valence-electron chi connectivity index (χ1n) is 7.93. The Bertz CT molecular complexity index is 947. The van der Waals surface area contributed by atoms with E-state index in [2.05, 4.69) is 21.2 Å². The van der Waals surface area contributed by atoms with Gasteiger partial charge in [-0.25, -0.2) is 10.2 Å². The number of alkyl halides is 3. The Balaban J connectivity index is 1.81. The first-order valence-corrected chi connectivity index (χ1v) is 7.93. The number of nitrogens with one attached hydrogen (secondary N) is 3. The molecule has 0 heterocycles. The number of rotatable bonds is 6. The van der Waals surface area contributed by atoms with Crippen molar-refractivity contribution >= 4 is 29.5 Å². The van der Waals surface area contributed by atoms with Gasteiger partial charge in [0.15, 0.2) is 0 Å². The highest BCUT2D eigenvalue weighted by atomic mass is 19.4. The van der Waals surface area contributed by atoms with Crippen LogP contribution < -0.4 is 16.1 Å². The minimum absolute atomic E-state index is 0.0959. The van der Waals surface area contributed by atoms with E-state index in [0.717, 1.165) is 18.2 Å². The van der Waals surface area contributed by atoms with Crippen molar-refractivity contribution in [2.24, 2.45) is 5.10 Å². The van der Waals surface area contributed by atoms with Gasteiger partial charge in [-0.05, 0) is 18.2 Å². The van der Waals surface area contributed by atoms with E-state index < -0.39 is 35.1 Å². The number of hydrazone groups is 1. The SMILES string of the molecule is O=C(CNC(=O)Nc1cccc(C(F)(F)F)c1)N/N=C/c1cccc([N+](=O)[O-])c1. The fourth-order valence-electron chi connectivity index (χ4n) is 2.05. The van der Waals surface area contributed by atoms with Crippen LogP contribution in [0.3, 0.4) is 0 Å². The molecule has 0 aliphatic carbocycles. The van der Waals surface area contributed by atoms with Crippen molar-refractivity contribution in [1.82, 2.24) is 10.7 Å². The van der Waals surface area contributed by atoms with Gasteiger partial charge in [0, 0.05) is 23.4 Å². The average molecular weight is 409 g/mol. The lowest BCUT2D eigenvalue weighted by atomic mass is 10.2. The lowest BCUT2D eigenvalue weighted by Crippen LogP contribution is -2.37. The number of carbonyl (C=O) groups is 2. The van der Waals surface area contributed by atoms with Gasteiger partial charge in [0.25, 0.3) is 11.6 Å². The Morgan fingerprint density at radius 3 is 2.55 bits per heavy atom. The second-order valence-electron chi connectivity index (χ2n) is 5.53. The van der Waals surface area contributed by atoms with Gasteiger partial charge in [-0.1, -0.05) is 18.2 Å². The van der Waals surface area contributed by atoms with Crippen molar-refractivity contribution in [3.8, 4) is 0 Å². The highest BCUT2D eigenvalue weighted by molar-refractivity contribution is 5.92. The number of amides is 3. The van der Waals surface area contributed by atoms with E-state index in [9.17, 15) is 32.9 Å². The van der Waals surface area contributed by atoms with Crippen molar-refractivity contribution < 1.29 is 27.7 Å². The first kappa shape index (κ1) is 21.3. The smallest absolute Gasteiger partial charge is 0.329 e. The van der Waals surface area contributed by atoms with Crippen molar-refractivity contribution in [3.05, 3.63) is 69.8 Å². The van der Waals surface area contributed by atoms with E-state index in [-0.39, 0.29) is 11.4 Å². The van der Waals surface area contributed by atoms with Gasteiger partial charge < -0.3 is 10.6 Å². The Hall–Kier alpha value is -3.96. The largest absolute Gasteiger partial charge is 0.416 e. The zero-order valence-electron chi connectivity index (χ0n) is 14.6. The second kappa shape index (κ2) is 9.30. The number of anilines is 1. The molecule has 0 atom stereocenters. The molecule has 0 saturated heterocycles. The molecule has 2 aromatic rings. The number of halogens is 3. The summed E-state index contributed by atoms with van der Waals surface area (Å²) in [6.45, 7) is -0.503. The van der Waals surface area contributed by atoms with Gasteiger partial charge in [0.1, 0.15) is 6.54 Å². The lowest BCUT2D eigenvalue weighted by molar-refractivity contribution is -0.384. The van der Waals surface area contributed by atoms with Crippen molar-refractivity contribution in [2.45, 2.75) is 6.18 Å². The molecular formula is C17H14F3N5O4. The van der Waals surface area contributed by atoms with Crippen LogP contribution in [0.25, 0.3) is 0 Å². The molecule has 0 saturated carbocycles. The molecule has 0 fully saturated rings. The molecule has 0 aromatic heterocycles. The predicted octanol–water partition coefficient (Wildman–Crippen LogP) is 2.89. The fourth-order valence-corrected chi connectivity index (χ4v) is 2.05. The number of nitro benzene ring substituents is 1. The van der Waals surface area contributed by atoms with Crippen LogP contribution in [0.2, 0.25) is 0 Å². The molecule has 12 heteroatoms. The lowest BCUT2D eigenvalue weighted by Gasteiger charge is -2.10. The molecule has 152 valence electrons. The molecule has 0 aliphatic heterocycles. The normalized spacial score (nSPS) is 11.1. The summed E-state index contributed by atoms with van der Waals surface area (Å²) in [5.41, 5.74) is 1.30. The van der Waals surface area contributed by atoms with Crippen LogP contribution in [0, 0.1) is 10.1 Å². The molecule has 2 aromatic carbocycles. The van der Waals surface area contributed by atoms with Gasteiger partial charge in [-0.3, -0.25) is 14.9 Å². The number of nitrogens with zero attached hydrogens (tertiary/aromatic N) is 2. The summed E-state index contributed by atoms with van der Waals surface area (Å²) in [6.07, 6.45) is -3.38. The number of hydrogen-bond donors (Lipinski definition) is 3. The van der Waals surface area contributed by atoms with E-state index in [4.69, 9.17) is 0 Å². The first-order chi connectivity index (χ1) is 13.6. The van der Waals surface area contributed by atoms with E-state index >= 15 is 0 Å². The molecule has 0 radical (unpaired) electrons. The molecule has 0 bridgehead atoms. The standard InChI is InChI=1S/C17H14F3N5O4/c18-17(19,20)12-4-2-5-13(8-12)23-16(27)21-10-15(26)24-22-9-11-3-1-6-14(7-11)25(28)29/h1-9H,10H2,(H,24,26)(H2,21,23,27)/b22-9+. The Labute approximate surface area is 161 Å². The van der Waals surface area contributed by atoms with E-state index in [1.54, 1.807) is 0 Å². The minimum atomic E-state index is -4.55. The van der Waals surface area contributed by atoms with Crippen LogP contribution >= 0.6 is 0 Å². The molecule has 0 unspecified atom stereocenters. The van der Waals surface area contributed by atoms with Gasteiger partial charge in [0.05, 0.1) is 16.7 Å². The van der Waals surface area contributed by atoms with Gasteiger partial charge in [-0.2, -0.15) is 18.3 Å². The molecule has 0 aliphatic rings. The van der Waals surface area contributed by atoms with Crippen LogP contribution in [-0.4, -0.2) is 29.6 Å². The van der Waals surface area contributed by atoms with E-state index in [1.807, 2.05) is 0 Å². The maximum absolute atomic E-state index is 12.6. The van der Waals surface area contributed by atoms with E-state index in [1.165, 1.54) is 36.5 Å². The van der Waals surface area contributed by atoms with Crippen molar-refractivity contribution in [3.63, 3.8) is 0 Å². The number of hydrogen-bond acceptors (Lipinski definition) is 5. The van der Waals surface area contributed by atoms with Crippen LogP contribution in [0.1, 0.15) is 11.1 Å². The number of nitro groups is 1. The fraction of sp³-hybridized carbons (Fsp3) is 0.118. The molecule has 9 nitrogen and oxygen atoms in total. The maximum atomic E-state index is 12.6.